The number of benzene rings is 1. The lowest BCUT2D eigenvalue weighted by atomic mass is 10.1. The second-order valence-corrected chi connectivity index (χ2v) is 5.51. The number of unbranched alkanes of at least 4 members (excludes halogenated alkanes) is 1. The first-order valence-electron chi connectivity index (χ1n) is 7.41. The number of nitrogens with one attached hydrogen (secondary N) is 2. The molecule has 0 saturated heterocycles. The van der Waals surface area contributed by atoms with Crippen molar-refractivity contribution in [3.63, 3.8) is 0 Å². The van der Waals surface area contributed by atoms with Gasteiger partial charge in [0.2, 0.25) is 0 Å². The predicted molar refractivity (Wildman–Crippen MR) is 85.7 cm³/mol. The van der Waals surface area contributed by atoms with Gasteiger partial charge in [0.05, 0.1) is 5.69 Å². The van der Waals surface area contributed by atoms with Gasteiger partial charge in [0.1, 0.15) is 11.6 Å². The fraction of sp³-hybridized carbons (Fsp3) is 0.438. The van der Waals surface area contributed by atoms with Crippen molar-refractivity contribution in [1.82, 2.24) is 15.3 Å². The Morgan fingerprint density at radius 3 is 2.71 bits per heavy atom. The van der Waals surface area contributed by atoms with Crippen LogP contribution in [0, 0.1) is 0 Å². The number of aromatic hydroxyl groups is 1. The lowest BCUT2D eigenvalue weighted by Crippen LogP contribution is -2.17. The minimum atomic E-state index is 0.301. The number of hydrogen-bond donors (Lipinski definition) is 3. The van der Waals surface area contributed by atoms with Crippen LogP contribution in [0.4, 0.5) is 0 Å². The lowest BCUT2D eigenvalue weighted by molar-refractivity contribution is 0.475. The SMILES string of the molecule is CCCCc1nc(Cl)c(CNCCc2ccc(O)cc2)[nH]1. The van der Waals surface area contributed by atoms with E-state index >= 15 is 0 Å². The van der Waals surface area contributed by atoms with Gasteiger partial charge < -0.3 is 15.4 Å². The topological polar surface area (TPSA) is 60.9 Å². The second kappa shape index (κ2) is 8.05. The summed E-state index contributed by atoms with van der Waals surface area (Å²) in [5, 5.41) is 13.2. The second-order valence-electron chi connectivity index (χ2n) is 5.15. The van der Waals surface area contributed by atoms with Gasteiger partial charge in [-0.2, -0.15) is 0 Å². The monoisotopic (exact) mass is 307 g/mol. The minimum Gasteiger partial charge on any atom is -0.508 e. The van der Waals surface area contributed by atoms with Crippen molar-refractivity contribution >= 4 is 11.6 Å². The Hall–Kier alpha value is -1.52. The summed E-state index contributed by atoms with van der Waals surface area (Å²) in [6, 6.07) is 7.29. The van der Waals surface area contributed by atoms with Crippen molar-refractivity contribution in [1.29, 1.82) is 0 Å². The van der Waals surface area contributed by atoms with Crippen LogP contribution in [0.3, 0.4) is 0 Å². The molecule has 0 saturated carbocycles. The third-order valence-corrected chi connectivity index (χ3v) is 3.69. The largest absolute Gasteiger partial charge is 0.508 e. The van der Waals surface area contributed by atoms with Crippen LogP contribution < -0.4 is 5.32 Å². The Kier molecular flexibility index (Phi) is 6.08. The molecule has 5 heteroatoms. The van der Waals surface area contributed by atoms with Crippen LogP contribution >= 0.6 is 11.6 Å². The molecule has 114 valence electrons. The summed E-state index contributed by atoms with van der Waals surface area (Å²) < 4.78 is 0. The standard InChI is InChI=1S/C16H22ClN3O/c1-2-3-4-15-19-14(16(17)20-15)11-18-10-9-12-5-7-13(21)8-6-12/h5-8,18,21H,2-4,9-11H2,1H3,(H,19,20). The number of aromatic amines is 1. The number of nitrogens with zero attached hydrogens (tertiary/aromatic N) is 1. The highest BCUT2D eigenvalue weighted by Gasteiger charge is 2.07. The van der Waals surface area contributed by atoms with E-state index in [9.17, 15) is 5.11 Å². The zero-order chi connectivity index (χ0) is 15.1. The molecule has 2 rings (SSSR count). The number of phenols is 1. The number of aryl methyl sites for hydroxylation is 1. The summed E-state index contributed by atoms with van der Waals surface area (Å²) in [4.78, 5) is 7.62. The number of imidazole rings is 1. The normalized spacial score (nSPS) is 11.0. The van der Waals surface area contributed by atoms with Gasteiger partial charge in [-0.25, -0.2) is 4.98 Å². The zero-order valence-electron chi connectivity index (χ0n) is 12.3. The maximum atomic E-state index is 9.23. The highest BCUT2D eigenvalue weighted by Crippen LogP contribution is 2.14. The van der Waals surface area contributed by atoms with E-state index in [4.69, 9.17) is 11.6 Å². The molecule has 0 aliphatic carbocycles. The Morgan fingerprint density at radius 1 is 1.24 bits per heavy atom. The fourth-order valence-electron chi connectivity index (χ4n) is 2.13. The smallest absolute Gasteiger partial charge is 0.151 e. The summed E-state index contributed by atoms with van der Waals surface area (Å²) in [7, 11) is 0. The molecule has 0 amide bonds. The van der Waals surface area contributed by atoms with E-state index in [1.165, 1.54) is 5.56 Å². The Bertz CT molecular complexity index is 551. The van der Waals surface area contributed by atoms with E-state index in [0.717, 1.165) is 43.7 Å². The molecular weight excluding hydrogens is 286 g/mol. The van der Waals surface area contributed by atoms with Gasteiger partial charge in [-0.3, -0.25) is 0 Å². The molecule has 0 aliphatic rings. The number of H-pyrrole nitrogens is 1. The van der Waals surface area contributed by atoms with Crippen LogP contribution in [0.2, 0.25) is 5.15 Å². The molecule has 1 heterocycles. The van der Waals surface area contributed by atoms with Crippen LogP contribution in [-0.4, -0.2) is 21.6 Å². The Balaban J connectivity index is 1.75. The van der Waals surface area contributed by atoms with E-state index in [0.29, 0.717) is 17.4 Å². The van der Waals surface area contributed by atoms with Gasteiger partial charge in [-0.1, -0.05) is 37.1 Å². The van der Waals surface area contributed by atoms with E-state index in [1.807, 2.05) is 12.1 Å². The molecule has 21 heavy (non-hydrogen) atoms. The van der Waals surface area contributed by atoms with Crippen molar-refractivity contribution in [3.05, 3.63) is 46.5 Å². The van der Waals surface area contributed by atoms with Crippen LogP contribution in [0.5, 0.6) is 5.75 Å². The van der Waals surface area contributed by atoms with E-state index in [1.54, 1.807) is 12.1 Å². The molecule has 0 unspecified atom stereocenters. The van der Waals surface area contributed by atoms with Crippen molar-refractivity contribution < 1.29 is 5.11 Å². The molecule has 0 bridgehead atoms. The molecule has 0 fully saturated rings. The van der Waals surface area contributed by atoms with Crippen LogP contribution in [0.15, 0.2) is 24.3 Å². The van der Waals surface area contributed by atoms with Crippen LogP contribution in [0.25, 0.3) is 0 Å². The average molecular weight is 308 g/mol. The van der Waals surface area contributed by atoms with Gasteiger partial charge in [-0.15, -0.1) is 0 Å². The van der Waals surface area contributed by atoms with Crippen LogP contribution in [-0.2, 0) is 19.4 Å². The Morgan fingerprint density at radius 2 is 2.00 bits per heavy atom. The molecule has 0 atom stereocenters. The fourth-order valence-corrected chi connectivity index (χ4v) is 2.34. The molecule has 1 aromatic carbocycles. The number of phenolic OH excluding ortho intramolecular Hbond substituents is 1. The van der Waals surface area contributed by atoms with Crippen molar-refractivity contribution in [2.75, 3.05) is 6.54 Å². The molecule has 0 aliphatic heterocycles. The predicted octanol–water partition coefficient (Wildman–Crippen LogP) is 3.44. The lowest BCUT2D eigenvalue weighted by Gasteiger charge is -2.04. The maximum Gasteiger partial charge on any atom is 0.151 e. The third-order valence-electron chi connectivity index (χ3n) is 3.37. The van der Waals surface area contributed by atoms with Crippen molar-refractivity contribution in [3.8, 4) is 5.75 Å². The average Bonchev–Trinajstić information content (AvgIpc) is 2.83. The van der Waals surface area contributed by atoms with Gasteiger partial charge in [0, 0.05) is 13.0 Å². The Labute approximate surface area is 130 Å². The molecule has 0 spiro atoms. The molecule has 3 N–H and O–H groups in total. The summed E-state index contributed by atoms with van der Waals surface area (Å²) in [5.74, 6) is 1.27. The molecular formula is C16H22ClN3O. The number of rotatable bonds is 8. The van der Waals surface area contributed by atoms with Gasteiger partial charge >= 0.3 is 0 Å². The van der Waals surface area contributed by atoms with Gasteiger partial charge in [0.15, 0.2) is 5.15 Å². The molecule has 0 radical (unpaired) electrons. The van der Waals surface area contributed by atoms with Gasteiger partial charge in [-0.05, 0) is 37.1 Å². The maximum absolute atomic E-state index is 9.23. The van der Waals surface area contributed by atoms with E-state index in [-0.39, 0.29) is 0 Å². The summed E-state index contributed by atoms with van der Waals surface area (Å²) in [5.41, 5.74) is 2.15. The van der Waals surface area contributed by atoms with Crippen molar-refractivity contribution in [2.45, 2.75) is 39.2 Å². The first kappa shape index (κ1) is 15.9. The quantitative estimate of drug-likeness (QED) is 0.655. The van der Waals surface area contributed by atoms with E-state index in [2.05, 4.69) is 22.2 Å². The minimum absolute atomic E-state index is 0.301. The van der Waals surface area contributed by atoms with Gasteiger partial charge in [0.25, 0.3) is 0 Å². The number of hydrogen-bond acceptors (Lipinski definition) is 3. The first-order chi connectivity index (χ1) is 10.2. The summed E-state index contributed by atoms with van der Waals surface area (Å²) in [6.45, 7) is 3.71. The highest BCUT2D eigenvalue weighted by molar-refractivity contribution is 6.30. The number of aromatic nitrogens is 2. The van der Waals surface area contributed by atoms with Crippen LogP contribution in [0.1, 0.15) is 36.8 Å². The number of halogens is 1. The third kappa shape index (κ3) is 5.06. The first-order valence-corrected chi connectivity index (χ1v) is 7.78. The molecule has 4 nitrogen and oxygen atoms in total. The highest BCUT2D eigenvalue weighted by atomic mass is 35.5. The summed E-state index contributed by atoms with van der Waals surface area (Å²) in [6.07, 6.45) is 4.13. The van der Waals surface area contributed by atoms with Crippen molar-refractivity contribution in [2.24, 2.45) is 0 Å². The molecule has 1 aromatic heterocycles. The molecule has 2 aromatic rings. The summed E-state index contributed by atoms with van der Waals surface area (Å²) >= 11 is 6.13. The van der Waals surface area contributed by atoms with E-state index < -0.39 is 0 Å². The zero-order valence-corrected chi connectivity index (χ0v) is 13.1.